The van der Waals surface area contributed by atoms with Crippen molar-refractivity contribution in [3.63, 3.8) is 0 Å². The Bertz CT molecular complexity index is 669. The molecule has 3 heterocycles. The van der Waals surface area contributed by atoms with Crippen LogP contribution in [0.4, 0.5) is 0 Å². The predicted molar refractivity (Wildman–Crippen MR) is 107 cm³/mol. The van der Waals surface area contributed by atoms with Crippen LogP contribution < -0.4 is 10.6 Å². The molecule has 3 aliphatic heterocycles. The quantitative estimate of drug-likeness (QED) is 0.483. The summed E-state index contributed by atoms with van der Waals surface area (Å²) in [4.78, 5) is 41.1. The second-order valence-corrected chi connectivity index (χ2v) is 9.17. The van der Waals surface area contributed by atoms with Gasteiger partial charge in [-0.1, -0.05) is 12.8 Å². The number of carbonyl (C=O) groups is 3. The summed E-state index contributed by atoms with van der Waals surface area (Å²) in [5.74, 6) is -1.75. The lowest BCUT2D eigenvalue weighted by Crippen LogP contribution is -2.56. The van der Waals surface area contributed by atoms with Gasteiger partial charge in [0.2, 0.25) is 17.7 Å². The van der Waals surface area contributed by atoms with Crippen molar-refractivity contribution >= 4 is 17.7 Å². The van der Waals surface area contributed by atoms with Crippen LogP contribution in [-0.2, 0) is 19.1 Å². The molecule has 3 N–H and O–H groups in total. The first-order valence-corrected chi connectivity index (χ1v) is 10.9. The topological polar surface area (TPSA) is 108 Å². The van der Waals surface area contributed by atoms with Crippen molar-refractivity contribution < 1.29 is 24.2 Å². The molecule has 1 spiro atoms. The Balaban J connectivity index is 1.90. The van der Waals surface area contributed by atoms with Gasteiger partial charge in [0, 0.05) is 26.2 Å². The molecule has 0 aliphatic carbocycles. The average Bonchev–Trinajstić information content (AvgIpc) is 3.21. The summed E-state index contributed by atoms with van der Waals surface area (Å²) in [5, 5.41) is 14.6. The summed E-state index contributed by atoms with van der Waals surface area (Å²) < 4.78 is 6.45. The lowest BCUT2D eigenvalue weighted by atomic mass is 9.66. The van der Waals surface area contributed by atoms with Crippen molar-refractivity contribution in [2.75, 3.05) is 20.2 Å². The third kappa shape index (κ3) is 3.54. The minimum absolute atomic E-state index is 0.0524. The number of hydrogen-bond donors (Lipinski definition) is 3. The van der Waals surface area contributed by atoms with Crippen molar-refractivity contribution in [2.24, 2.45) is 11.8 Å². The van der Waals surface area contributed by atoms with Gasteiger partial charge in [-0.3, -0.25) is 14.4 Å². The highest BCUT2D eigenvalue weighted by atomic mass is 16.5. The molecule has 29 heavy (non-hydrogen) atoms. The smallest absolute Gasteiger partial charge is 0.246 e. The summed E-state index contributed by atoms with van der Waals surface area (Å²) >= 11 is 0. The number of likely N-dealkylation sites (tertiary alicyclic amines) is 1. The molecule has 0 aromatic heterocycles. The minimum atomic E-state index is -0.937. The minimum Gasteiger partial charge on any atom is -0.396 e. The number of nitrogens with zero attached hydrogens (tertiary/aromatic N) is 1. The molecule has 0 saturated carbocycles. The van der Waals surface area contributed by atoms with E-state index in [9.17, 15) is 14.4 Å². The van der Waals surface area contributed by atoms with Gasteiger partial charge in [0.1, 0.15) is 11.6 Å². The third-order valence-corrected chi connectivity index (χ3v) is 6.79. The van der Waals surface area contributed by atoms with Gasteiger partial charge in [0.05, 0.1) is 17.4 Å². The van der Waals surface area contributed by atoms with Crippen LogP contribution in [0.2, 0.25) is 0 Å². The van der Waals surface area contributed by atoms with E-state index in [1.165, 1.54) is 0 Å². The molecule has 3 rings (SSSR count). The van der Waals surface area contributed by atoms with Crippen molar-refractivity contribution in [2.45, 2.75) is 82.6 Å². The van der Waals surface area contributed by atoms with E-state index in [-0.39, 0.29) is 30.4 Å². The number of rotatable bonds is 9. The van der Waals surface area contributed by atoms with Gasteiger partial charge >= 0.3 is 0 Å². The second-order valence-electron chi connectivity index (χ2n) is 9.17. The van der Waals surface area contributed by atoms with Gasteiger partial charge in [0.25, 0.3) is 0 Å². The number of unbranched alkanes of at least 4 members (excludes halogenated alkanes) is 3. The summed E-state index contributed by atoms with van der Waals surface area (Å²) in [6.45, 7) is 6.30. The van der Waals surface area contributed by atoms with Gasteiger partial charge in [-0.05, 0) is 46.5 Å². The zero-order valence-electron chi connectivity index (χ0n) is 18.0. The summed E-state index contributed by atoms with van der Waals surface area (Å²) in [6.07, 6.45) is 4.50. The van der Waals surface area contributed by atoms with Crippen molar-refractivity contribution in [1.29, 1.82) is 0 Å². The van der Waals surface area contributed by atoms with Gasteiger partial charge in [-0.25, -0.2) is 0 Å². The van der Waals surface area contributed by atoms with Gasteiger partial charge in [-0.2, -0.15) is 0 Å². The van der Waals surface area contributed by atoms with E-state index >= 15 is 0 Å². The van der Waals surface area contributed by atoms with Crippen LogP contribution in [0.25, 0.3) is 0 Å². The number of aliphatic hydroxyl groups excluding tert-OH is 1. The lowest BCUT2D eigenvalue weighted by Gasteiger charge is -2.34. The maximum atomic E-state index is 13.5. The number of ether oxygens (including phenoxy) is 1. The van der Waals surface area contributed by atoms with Gasteiger partial charge < -0.3 is 25.4 Å². The predicted octanol–water partition coefficient (Wildman–Crippen LogP) is 0.574. The van der Waals surface area contributed by atoms with E-state index in [1.54, 1.807) is 11.9 Å². The largest absolute Gasteiger partial charge is 0.396 e. The normalized spacial score (nSPS) is 35.3. The molecule has 5 atom stereocenters. The Morgan fingerprint density at radius 2 is 1.90 bits per heavy atom. The van der Waals surface area contributed by atoms with Crippen molar-refractivity contribution in [3.05, 3.63) is 0 Å². The Hall–Kier alpha value is -1.67. The van der Waals surface area contributed by atoms with Crippen LogP contribution in [0.1, 0.15) is 59.3 Å². The zero-order valence-corrected chi connectivity index (χ0v) is 18.0. The highest BCUT2D eigenvalue weighted by Gasteiger charge is 2.77. The van der Waals surface area contributed by atoms with E-state index < -0.39 is 29.1 Å². The summed E-state index contributed by atoms with van der Waals surface area (Å²) in [6, 6.07) is -0.764. The van der Waals surface area contributed by atoms with Gasteiger partial charge in [0.15, 0.2) is 0 Å². The lowest BCUT2D eigenvalue weighted by molar-refractivity contribution is -0.146. The Kier molecular flexibility index (Phi) is 6.24. The van der Waals surface area contributed by atoms with Crippen LogP contribution in [0.5, 0.6) is 0 Å². The van der Waals surface area contributed by atoms with E-state index in [4.69, 9.17) is 9.84 Å². The molecule has 3 saturated heterocycles. The molecule has 2 unspecified atom stereocenters. The highest BCUT2D eigenvalue weighted by Crippen LogP contribution is 2.63. The average molecular weight is 410 g/mol. The second kappa shape index (κ2) is 8.22. The van der Waals surface area contributed by atoms with E-state index in [0.717, 1.165) is 25.7 Å². The molecule has 3 aliphatic rings. The van der Waals surface area contributed by atoms with Crippen LogP contribution in [0.15, 0.2) is 0 Å². The fourth-order valence-corrected chi connectivity index (χ4v) is 5.63. The summed E-state index contributed by atoms with van der Waals surface area (Å²) in [5.41, 5.74) is -1.66. The SMILES string of the molecule is CNC(=O)[C@@H]1[C@H]2C(=O)N(CCCCCCO)C(C(=O)NC(C)C)C23CC[C@@]1(C)O3. The molecule has 3 fully saturated rings. The number of aliphatic hydroxyl groups is 1. The monoisotopic (exact) mass is 409 g/mol. The first-order chi connectivity index (χ1) is 13.7. The molecule has 0 radical (unpaired) electrons. The zero-order chi connectivity index (χ0) is 21.4. The molecule has 8 nitrogen and oxygen atoms in total. The Morgan fingerprint density at radius 1 is 1.21 bits per heavy atom. The Labute approximate surface area is 172 Å². The number of carbonyl (C=O) groups excluding carboxylic acids is 3. The van der Waals surface area contributed by atoms with Crippen molar-refractivity contribution in [3.8, 4) is 0 Å². The maximum absolute atomic E-state index is 13.5. The molecule has 3 amide bonds. The molecule has 164 valence electrons. The molecule has 2 bridgehead atoms. The van der Waals surface area contributed by atoms with Crippen LogP contribution in [0, 0.1) is 11.8 Å². The maximum Gasteiger partial charge on any atom is 0.246 e. The van der Waals surface area contributed by atoms with Gasteiger partial charge in [-0.15, -0.1) is 0 Å². The standard InChI is InChI=1S/C21H35N3O5/c1-13(2)23-18(27)16-21-10-9-20(3,29-21)14(17(26)22-4)15(21)19(28)24(16)11-7-5-6-8-12-25/h13-16,25H,5-12H2,1-4H3,(H,22,26)(H,23,27)/t14-,15-,16?,20+,21?/m0/s1. The molecule has 0 aromatic carbocycles. The van der Waals surface area contributed by atoms with Crippen molar-refractivity contribution in [1.82, 2.24) is 15.5 Å². The number of fused-ring (bicyclic) bond motifs is 1. The summed E-state index contributed by atoms with van der Waals surface area (Å²) in [7, 11) is 1.58. The Morgan fingerprint density at radius 3 is 2.52 bits per heavy atom. The molecular formula is C21H35N3O5. The van der Waals surface area contributed by atoms with E-state index in [2.05, 4.69) is 10.6 Å². The van der Waals surface area contributed by atoms with E-state index in [1.807, 2.05) is 20.8 Å². The van der Waals surface area contributed by atoms with Crippen LogP contribution >= 0.6 is 0 Å². The number of hydrogen-bond acceptors (Lipinski definition) is 5. The molecular weight excluding hydrogens is 374 g/mol. The third-order valence-electron chi connectivity index (χ3n) is 6.79. The molecule has 8 heteroatoms. The fraction of sp³-hybridized carbons (Fsp3) is 0.857. The van der Waals surface area contributed by atoms with E-state index in [0.29, 0.717) is 19.4 Å². The fourth-order valence-electron chi connectivity index (χ4n) is 5.63. The van der Waals surface area contributed by atoms with Crippen LogP contribution in [-0.4, -0.2) is 71.2 Å². The first-order valence-electron chi connectivity index (χ1n) is 10.9. The first kappa shape index (κ1) is 22.0. The number of amides is 3. The highest BCUT2D eigenvalue weighted by molar-refractivity contribution is 5.99. The van der Waals surface area contributed by atoms with Crippen LogP contribution in [0.3, 0.4) is 0 Å². The molecule has 0 aromatic rings. The number of nitrogens with one attached hydrogen (secondary N) is 2.